The van der Waals surface area contributed by atoms with Gasteiger partial charge in [0.05, 0.1) is 26.4 Å². The van der Waals surface area contributed by atoms with Gasteiger partial charge in [-0.25, -0.2) is 9.13 Å². The van der Waals surface area contributed by atoms with Crippen LogP contribution in [0.3, 0.4) is 0 Å². The first-order valence-electron chi connectivity index (χ1n) is 39.9. The number of rotatable bonds is 75. The molecule has 96 heavy (non-hydrogen) atoms. The number of carbonyl (C=O) groups is 4. The Morgan fingerprint density at radius 1 is 0.302 bits per heavy atom. The number of carbonyl (C=O) groups excluding carboxylic acids is 4. The first-order chi connectivity index (χ1) is 46.3. The van der Waals surface area contributed by atoms with Gasteiger partial charge in [-0.2, -0.15) is 0 Å². The monoisotopic (exact) mass is 1410 g/mol. The molecular weight excluding hydrogens is 1260 g/mol. The highest BCUT2D eigenvalue weighted by atomic mass is 31.2. The van der Waals surface area contributed by atoms with Crippen LogP contribution in [0, 0.1) is 17.8 Å². The molecular formula is C77H150O17P2. The molecule has 0 aliphatic heterocycles. The first kappa shape index (κ1) is 94.1. The normalized spacial score (nSPS) is 14.6. The van der Waals surface area contributed by atoms with Crippen molar-refractivity contribution < 1.29 is 80.2 Å². The minimum absolute atomic E-state index is 0.104. The van der Waals surface area contributed by atoms with E-state index in [1.165, 1.54) is 199 Å². The first-order valence-corrected chi connectivity index (χ1v) is 42.9. The molecule has 0 bridgehead atoms. The second-order valence-electron chi connectivity index (χ2n) is 28.7. The maximum absolute atomic E-state index is 13.1. The summed E-state index contributed by atoms with van der Waals surface area (Å²) in [7, 11) is -9.91. The molecule has 0 aromatic rings. The minimum atomic E-state index is -4.96. The Morgan fingerprint density at radius 2 is 0.531 bits per heavy atom. The molecule has 0 spiro atoms. The van der Waals surface area contributed by atoms with Crippen LogP contribution in [0.2, 0.25) is 0 Å². The maximum atomic E-state index is 13.1. The van der Waals surface area contributed by atoms with Crippen LogP contribution in [0.1, 0.15) is 395 Å². The van der Waals surface area contributed by atoms with E-state index >= 15 is 0 Å². The van der Waals surface area contributed by atoms with Crippen molar-refractivity contribution in [1.82, 2.24) is 0 Å². The second-order valence-corrected chi connectivity index (χ2v) is 31.6. The van der Waals surface area contributed by atoms with Crippen molar-refractivity contribution in [2.75, 3.05) is 39.6 Å². The van der Waals surface area contributed by atoms with Crippen LogP contribution in [-0.2, 0) is 65.4 Å². The lowest BCUT2D eigenvalue weighted by atomic mass is 9.99. The van der Waals surface area contributed by atoms with Crippen molar-refractivity contribution in [3.8, 4) is 0 Å². The molecule has 0 fully saturated rings. The van der Waals surface area contributed by atoms with Crippen LogP contribution in [0.15, 0.2) is 0 Å². The van der Waals surface area contributed by atoms with Gasteiger partial charge in [0.25, 0.3) is 0 Å². The van der Waals surface area contributed by atoms with E-state index in [-0.39, 0.29) is 25.7 Å². The van der Waals surface area contributed by atoms with E-state index in [1.807, 2.05) is 0 Å². The predicted molar refractivity (Wildman–Crippen MR) is 391 cm³/mol. The van der Waals surface area contributed by atoms with Gasteiger partial charge >= 0.3 is 39.5 Å². The van der Waals surface area contributed by atoms with E-state index in [1.54, 1.807) is 0 Å². The van der Waals surface area contributed by atoms with Crippen molar-refractivity contribution in [2.24, 2.45) is 17.8 Å². The van der Waals surface area contributed by atoms with E-state index in [4.69, 9.17) is 37.0 Å². The molecule has 0 amide bonds. The molecule has 0 aliphatic carbocycles. The standard InChI is InChI=1S/C77H150O17P2/c1-8-11-12-13-14-15-16-17-18-19-20-21-22-23-28-31-37-46-53-60-76(81)93-72(64-87-74(79)58-51-44-36-30-27-25-24-26-29-34-41-48-55-68(4)5)66-91-95(83,84)89-62-71(78)63-90-96(85,86)92-67-73(65-88-75(80)59-52-45-40-39-43-50-57-70(7)10-3)94-77(82)61-54-47-38-33-32-35-42-49-56-69(6)9-2/h68-73,78H,8-67H2,1-7H3,(H,83,84)(H,85,86)/t69?,70?,71-,72-,73-/m1/s1. The number of esters is 4. The molecule has 0 saturated carbocycles. The van der Waals surface area contributed by atoms with Crippen LogP contribution >= 0.6 is 15.6 Å². The molecule has 19 heteroatoms. The molecule has 7 atom stereocenters. The third-order valence-corrected chi connectivity index (χ3v) is 20.5. The molecule has 0 aliphatic rings. The Balaban J connectivity index is 5.24. The number of phosphoric ester groups is 2. The summed E-state index contributed by atoms with van der Waals surface area (Å²) < 4.78 is 68.6. The van der Waals surface area contributed by atoms with E-state index in [2.05, 4.69) is 48.5 Å². The number of aliphatic hydroxyl groups is 1. The summed E-state index contributed by atoms with van der Waals surface area (Å²) in [5.41, 5.74) is 0. The smallest absolute Gasteiger partial charge is 0.462 e. The summed E-state index contributed by atoms with van der Waals surface area (Å²) in [6.07, 6.45) is 54.1. The lowest BCUT2D eigenvalue weighted by molar-refractivity contribution is -0.161. The van der Waals surface area contributed by atoms with Crippen molar-refractivity contribution in [1.29, 1.82) is 0 Å². The van der Waals surface area contributed by atoms with Crippen molar-refractivity contribution in [3.05, 3.63) is 0 Å². The summed E-state index contributed by atoms with van der Waals surface area (Å²) in [6.45, 7) is 11.9. The predicted octanol–water partition coefficient (Wildman–Crippen LogP) is 22.6. The van der Waals surface area contributed by atoms with Gasteiger partial charge in [-0.1, -0.05) is 344 Å². The Morgan fingerprint density at radius 3 is 0.792 bits per heavy atom. The van der Waals surface area contributed by atoms with Gasteiger partial charge in [-0.3, -0.25) is 37.3 Å². The quantitative estimate of drug-likeness (QED) is 0.0222. The van der Waals surface area contributed by atoms with E-state index in [0.29, 0.717) is 25.7 Å². The zero-order chi connectivity index (χ0) is 70.9. The molecule has 0 aromatic heterocycles. The van der Waals surface area contributed by atoms with Crippen LogP contribution in [-0.4, -0.2) is 96.7 Å². The number of hydrogen-bond donors (Lipinski definition) is 3. The molecule has 3 N–H and O–H groups in total. The van der Waals surface area contributed by atoms with Gasteiger partial charge in [-0.05, 0) is 43.4 Å². The fourth-order valence-corrected chi connectivity index (χ4v) is 13.3. The van der Waals surface area contributed by atoms with Gasteiger partial charge < -0.3 is 33.8 Å². The van der Waals surface area contributed by atoms with Crippen molar-refractivity contribution in [2.45, 2.75) is 414 Å². The zero-order valence-electron chi connectivity index (χ0n) is 62.8. The molecule has 570 valence electrons. The third kappa shape index (κ3) is 67.9. The lowest BCUT2D eigenvalue weighted by Gasteiger charge is -2.21. The number of unbranched alkanes of at least 4 members (excludes halogenated alkanes) is 41. The van der Waals surface area contributed by atoms with Gasteiger partial charge in [-0.15, -0.1) is 0 Å². The number of ether oxygens (including phenoxy) is 4. The highest BCUT2D eigenvalue weighted by molar-refractivity contribution is 7.47. The summed E-state index contributed by atoms with van der Waals surface area (Å²) >= 11 is 0. The van der Waals surface area contributed by atoms with E-state index in [0.717, 1.165) is 114 Å². The third-order valence-electron chi connectivity index (χ3n) is 18.6. The Kier molecular flexibility index (Phi) is 66.2. The molecule has 0 saturated heterocycles. The highest BCUT2D eigenvalue weighted by Gasteiger charge is 2.30. The van der Waals surface area contributed by atoms with Crippen LogP contribution in [0.4, 0.5) is 0 Å². The number of hydrogen-bond acceptors (Lipinski definition) is 15. The summed E-state index contributed by atoms with van der Waals surface area (Å²) in [4.78, 5) is 72.8. The molecule has 17 nitrogen and oxygen atoms in total. The lowest BCUT2D eigenvalue weighted by Crippen LogP contribution is -2.30. The highest BCUT2D eigenvalue weighted by Crippen LogP contribution is 2.45. The van der Waals surface area contributed by atoms with Gasteiger partial charge in [0.1, 0.15) is 19.3 Å². The van der Waals surface area contributed by atoms with Crippen LogP contribution in [0.25, 0.3) is 0 Å². The van der Waals surface area contributed by atoms with E-state index in [9.17, 15) is 43.2 Å². The second kappa shape index (κ2) is 67.5. The molecule has 0 radical (unpaired) electrons. The Labute approximate surface area is 588 Å². The minimum Gasteiger partial charge on any atom is -0.462 e. The maximum Gasteiger partial charge on any atom is 0.472 e. The molecule has 0 rings (SSSR count). The summed E-state index contributed by atoms with van der Waals surface area (Å²) in [5.74, 6) is 0.163. The zero-order valence-corrected chi connectivity index (χ0v) is 64.6. The Hall–Kier alpha value is -1.94. The van der Waals surface area contributed by atoms with Crippen molar-refractivity contribution in [3.63, 3.8) is 0 Å². The largest absolute Gasteiger partial charge is 0.472 e. The number of phosphoric acid groups is 2. The fraction of sp³-hybridized carbons (Fsp3) is 0.948. The van der Waals surface area contributed by atoms with Gasteiger partial charge in [0.15, 0.2) is 12.2 Å². The summed E-state index contributed by atoms with van der Waals surface area (Å²) in [5, 5.41) is 10.6. The fourth-order valence-electron chi connectivity index (χ4n) is 11.7. The Bertz CT molecular complexity index is 1870. The van der Waals surface area contributed by atoms with Crippen molar-refractivity contribution >= 4 is 39.5 Å². The average molecular weight is 1410 g/mol. The molecule has 4 unspecified atom stereocenters. The van der Waals surface area contributed by atoms with E-state index < -0.39 is 97.5 Å². The SMILES string of the molecule is CCCCCCCCCCCCCCCCCCCCCC(=O)O[C@H](COC(=O)CCCCCCCCCCCCCCC(C)C)COP(=O)(O)OC[C@@H](O)COP(=O)(O)OC[C@@H](COC(=O)CCCCCCCCC(C)CC)OC(=O)CCCCCCCCCCC(C)CC. The summed E-state index contributed by atoms with van der Waals surface area (Å²) in [6, 6.07) is 0. The van der Waals surface area contributed by atoms with Crippen LogP contribution < -0.4 is 0 Å². The topological polar surface area (TPSA) is 237 Å². The van der Waals surface area contributed by atoms with Crippen LogP contribution in [0.5, 0.6) is 0 Å². The number of aliphatic hydroxyl groups excluding tert-OH is 1. The average Bonchev–Trinajstić information content (AvgIpc) is 2.09. The van der Waals surface area contributed by atoms with Gasteiger partial charge in [0.2, 0.25) is 0 Å². The molecule has 0 aromatic carbocycles. The molecule has 0 heterocycles. The van der Waals surface area contributed by atoms with Gasteiger partial charge in [0, 0.05) is 25.7 Å².